The van der Waals surface area contributed by atoms with Gasteiger partial charge >= 0.3 is 11.9 Å². The quantitative estimate of drug-likeness (QED) is 0.266. The number of fused-ring (bicyclic) bond motifs is 2. The summed E-state index contributed by atoms with van der Waals surface area (Å²) < 4.78 is 19.1. The predicted molar refractivity (Wildman–Crippen MR) is 162 cm³/mol. The number of carboxylic acid groups (broad SMARTS) is 1. The number of ether oxygens (including phenoxy) is 2. The molecule has 0 saturated heterocycles. The van der Waals surface area contributed by atoms with Crippen LogP contribution in [0.1, 0.15) is 41.6 Å². The topological polar surface area (TPSA) is 120 Å². The van der Waals surface area contributed by atoms with Crippen LogP contribution in [0.3, 0.4) is 0 Å². The molecule has 216 valence electrons. The van der Waals surface area contributed by atoms with Gasteiger partial charge in [-0.1, -0.05) is 53.8 Å². The fraction of sp³-hybridized carbons (Fsp3) is 0.152. The second kappa shape index (κ2) is 11.2. The van der Waals surface area contributed by atoms with E-state index in [2.05, 4.69) is 4.99 Å². The minimum absolute atomic E-state index is 0.166. The first-order valence-electron chi connectivity index (χ1n) is 13.5. The number of benzene rings is 3. The number of aromatic nitrogens is 1. The van der Waals surface area contributed by atoms with Crippen molar-refractivity contribution in [3.8, 4) is 17.1 Å². The number of carbonyl (C=O) groups is 2. The Bertz CT molecular complexity index is 2120. The summed E-state index contributed by atoms with van der Waals surface area (Å²) in [6.45, 7) is 3.64. The number of esters is 1. The van der Waals surface area contributed by atoms with Gasteiger partial charge in [-0.05, 0) is 55.0 Å². The van der Waals surface area contributed by atoms with Crippen LogP contribution in [0.2, 0.25) is 0 Å². The maximum absolute atomic E-state index is 14.1. The van der Waals surface area contributed by atoms with Crippen molar-refractivity contribution in [3.05, 3.63) is 121 Å². The third kappa shape index (κ3) is 4.95. The minimum Gasteiger partial charge on any atom is -0.496 e. The Morgan fingerprint density at radius 3 is 2.56 bits per heavy atom. The average Bonchev–Trinajstić information content (AvgIpc) is 3.60. The molecule has 1 atom stereocenters. The van der Waals surface area contributed by atoms with E-state index in [1.807, 2.05) is 36.4 Å². The SMILES string of the molecule is CCOC(=O)C1=C(C)N=c2sc(=Cc3ccc(-c4ccc(C(=O)O)cc4)o3)c(=O)n2[C@H]1c1c(OC)ccc2ccccc12. The number of carboxylic acids is 1. The number of hydrogen-bond acceptors (Lipinski definition) is 8. The lowest BCUT2D eigenvalue weighted by atomic mass is 9.90. The zero-order valence-electron chi connectivity index (χ0n) is 23.5. The van der Waals surface area contributed by atoms with Gasteiger partial charge in [0, 0.05) is 17.2 Å². The minimum atomic E-state index is -1.01. The van der Waals surface area contributed by atoms with E-state index in [0.717, 1.165) is 10.8 Å². The van der Waals surface area contributed by atoms with Gasteiger partial charge in [-0.15, -0.1) is 0 Å². The van der Waals surface area contributed by atoms with Crippen molar-refractivity contribution in [2.45, 2.75) is 19.9 Å². The van der Waals surface area contributed by atoms with Gasteiger partial charge < -0.3 is 19.0 Å². The molecule has 1 aliphatic heterocycles. The van der Waals surface area contributed by atoms with Crippen molar-refractivity contribution < 1.29 is 28.6 Å². The number of rotatable bonds is 7. The number of allylic oxidation sites excluding steroid dienone is 1. The molecular weight excluding hydrogens is 568 g/mol. The highest BCUT2D eigenvalue weighted by molar-refractivity contribution is 7.07. The highest BCUT2D eigenvalue weighted by Gasteiger charge is 2.36. The van der Waals surface area contributed by atoms with Gasteiger partial charge in [0.05, 0.1) is 35.1 Å². The number of carbonyl (C=O) groups excluding carboxylic acids is 1. The molecule has 2 aromatic heterocycles. The first-order chi connectivity index (χ1) is 20.8. The second-order valence-corrected chi connectivity index (χ2v) is 10.8. The predicted octanol–water partition coefficient (Wildman–Crippen LogP) is 4.92. The maximum atomic E-state index is 14.1. The molecule has 10 heteroatoms. The summed E-state index contributed by atoms with van der Waals surface area (Å²) in [6, 6.07) is 20.5. The fourth-order valence-corrected chi connectivity index (χ4v) is 6.32. The van der Waals surface area contributed by atoms with E-state index in [1.54, 1.807) is 51.3 Å². The third-order valence-corrected chi connectivity index (χ3v) is 8.24. The number of thiazole rings is 1. The Labute approximate surface area is 249 Å². The molecule has 5 aromatic rings. The molecule has 0 unspecified atom stereocenters. The lowest BCUT2D eigenvalue weighted by Gasteiger charge is -2.27. The van der Waals surface area contributed by atoms with Crippen molar-refractivity contribution >= 4 is 40.1 Å². The Morgan fingerprint density at radius 1 is 1.07 bits per heavy atom. The molecule has 1 N–H and O–H groups in total. The smallest absolute Gasteiger partial charge is 0.338 e. The first kappa shape index (κ1) is 27.9. The summed E-state index contributed by atoms with van der Waals surface area (Å²) >= 11 is 1.19. The van der Waals surface area contributed by atoms with E-state index in [4.69, 9.17) is 13.9 Å². The summed E-state index contributed by atoms with van der Waals surface area (Å²) in [5, 5.41) is 10.9. The molecule has 0 bridgehead atoms. The zero-order valence-corrected chi connectivity index (χ0v) is 24.3. The monoisotopic (exact) mass is 594 g/mol. The number of furan rings is 1. The molecule has 9 nitrogen and oxygen atoms in total. The van der Waals surface area contributed by atoms with Crippen LogP contribution in [0.15, 0.2) is 98.3 Å². The van der Waals surface area contributed by atoms with E-state index in [9.17, 15) is 19.5 Å². The molecule has 0 radical (unpaired) electrons. The van der Waals surface area contributed by atoms with Crippen LogP contribution < -0.4 is 19.6 Å². The molecule has 43 heavy (non-hydrogen) atoms. The number of aromatic carboxylic acids is 1. The van der Waals surface area contributed by atoms with Crippen molar-refractivity contribution in [1.29, 1.82) is 0 Å². The van der Waals surface area contributed by atoms with Gasteiger partial charge in [0.15, 0.2) is 4.80 Å². The summed E-state index contributed by atoms with van der Waals surface area (Å²) in [5.74, 6) is -0.0808. The Morgan fingerprint density at radius 2 is 1.84 bits per heavy atom. The van der Waals surface area contributed by atoms with Crippen LogP contribution in [-0.2, 0) is 9.53 Å². The Kier molecular flexibility index (Phi) is 7.29. The van der Waals surface area contributed by atoms with Crippen LogP contribution in [0.5, 0.6) is 5.75 Å². The molecule has 0 aliphatic carbocycles. The third-order valence-electron chi connectivity index (χ3n) is 7.26. The molecule has 0 amide bonds. The molecule has 0 saturated carbocycles. The molecule has 0 spiro atoms. The molecule has 3 heterocycles. The zero-order chi connectivity index (χ0) is 30.2. The van der Waals surface area contributed by atoms with Crippen molar-refractivity contribution in [2.75, 3.05) is 13.7 Å². The second-order valence-electron chi connectivity index (χ2n) is 9.79. The van der Waals surface area contributed by atoms with Crippen LogP contribution in [-0.4, -0.2) is 35.3 Å². The normalized spacial score (nSPS) is 14.9. The Balaban J connectivity index is 1.53. The number of nitrogens with zero attached hydrogens (tertiary/aromatic N) is 2. The molecule has 6 rings (SSSR count). The van der Waals surface area contributed by atoms with Crippen LogP contribution in [0, 0.1) is 0 Å². The standard InChI is InChI=1S/C33H26N2O7S/c1-4-41-32(39)27-18(2)34-33-35(29(27)28-23-8-6-5-7-19(23)13-15-25(28)40-3)30(36)26(43-33)17-22-14-16-24(42-22)20-9-11-21(12-10-20)31(37)38/h5-17,29H,4H2,1-3H3,(H,37,38)/t29-/m1/s1. The molecular formula is C33H26N2O7S. The van der Waals surface area contributed by atoms with E-state index < -0.39 is 18.0 Å². The molecule has 3 aromatic carbocycles. The summed E-state index contributed by atoms with van der Waals surface area (Å²) in [6.07, 6.45) is 1.64. The average molecular weight is 595 g/mol. The van der Waals surface area contributed by atoms with Gasteiger partial charge in [0.25, 0.3) is 5.56 Å². The van der Waals surface area contributed by atoms with E-state index in [-0.39, 0.29) is 23.3 Å². The van der Waals surface area contributed by atoms with Crippen molar-refractivity contribution in [2.24, 2.45) is 4.99 Å². The first-order valence-corrected chi connectivity index (χ1v) is 14.3. The van der Waals surface area contributed by atoms with Gasteiger partial charge in [-0.3, -0.25) is 9.36 Å². The lowest BCUT2D eigenvalue weighted by Crippen LogP contribution is -2.40. The van der Waals surface area contributed by atoms with Gasteiger partial charge in [-0.2, -0.15) is 0 Å². The van der Waals surface area contributed by atoms with Crippen LogP contribution in [0.4, 0.5) is 0 Å². The van der Waals surface area contributed by atoms with E-state index in [0.29, 0.717) is 43.4 Å². The largest absolute Gasteiger partial charge is 0.496 e. The highest BCUT2D eigenvalue weighted by Crippen LogP contribution is 2.40. The van der Waals surface area contributed by atoms with Crippen LogP contribution in [0.25, 0.3) is 28.2 Å². The van der Waals surface area contributed by atoms with Crippen molar-refractivity contribution in [1.82, 2.24) is 4.57 Å². The number of methoxy groups -OCH3 is 1. The van der Waals surface area contributed by atoms with Gasteiger partial charge in [0.2, 0.25) is 0 Å². The van der Waals surface area contributed by atoms with E-state index >= 15 is 0 Å². The summed E-state index contributed by atoms with van der Waals surface area (Å²) in [7, 11) is 1.56. The van der Waals surface area contributed by atoms with Gasteiger partial charge in [0.1, 0.15) is 23.3 Å². The fourth-order valence-electron chi connectivity index (χ4n) is 5.29. The molecule has 1 aliphatic rings. The Hall–Kier alpha value is -5.22. The van der Waals surface area contributed by atoms with Crippen LogP contribution >= 0.6 is 11.3 Å². The summed E-state index contributed by atoms with van der Waals surface area (Å²) in [4.78, 5) is 43.8. The maximum Gasteiger partial charge on any atom is 0.338 e. The lowest BCUT2D eigenvalue weighted by molar-refractivity contribution is -0.139. The molecule has 0 fully saturated rings. The van der Waals surface area contributed by atoms with E-state index in [1.165, 1.54) is 28.0 Å². The highest BCUT2D eigenvalue weighted by atomic mass is 32.1. The number of hydrogen-bond donors (Lipinski definition) is 1. The summed E-state index contributed by atoms with van der Waals surface area (Å²) in [5.41, 5.74) is 1.91. The van der Waals surface area contributed by atoms with Crippen molar-refractivity contribution in [3.63, 3.8) is 0 Å². The van der Waals surface area contributed by atoms with Gasteiger partial charge in [-0.25, -0.2) is 14.6 Å².